The Kier molecular flexibility index (Phi) is 2.50. The third-order valence-electron chi connectivity index (χ3n) is 1.59. The van der Waals surface area contributed by atoms with Crippen LogP contribution in [-0.2, 0) is 0 Å². The maximum absolute atomic E-state index is 12.0. The summed E-state index contributed by atoms with van der Waals surface area (Å²) in [6.45, 7) is -0.690. The third kappa shape index (κ3) is 1.65. The van der Waals surface area contributed by atoms with E-state index in [2.05, 4.69) is 0 Å². The number of phenolic OH excluding ortho intramolecular Hbond substituents is 2. The Morgan fingerprint density at radius 1 is 1.33 bits per heavy atom. The fourth-order valence-electron chi connectivity index (χ4n) is 0.860. The van der Waals surface area contributed by atoms with Crippen molar-refractivity contribution in [3.63, 3.8) is 0 Å². The minimum Gasteiger partial charge on any atom is -0.504 e. The lowest BCUT2D eigenvalue weighted by Crippen LogP contribution is -2.11. The van der Waals surface area contributed by atoms with Crippen LogP contribution in [0.2, 0.25) is 0 Å². The van der Waals surface area contributed by atoms with Gasteiger partial charge in [-0.15, -0.1) is 0 Å². The highest BCUT2D eigenvalue weighted by Gasteiger charge is 2.07. The molecule has 4 N–H and O–H groups in total. The number of hydrogen-bond acceptors (Lipinski definition) is 3. The summed E-state index contributed by atoms with van der Waals surface area (Å²) in [5.41, 5.74) is 5.81. The molecule has 12 heavy (non-hydrogen) atoms. The van der Waals surface area contributed by atoms with Gasteiger partial charge in [0.05, 0.1) is 6.04 Å². The summed E-state index contributed by atoms with van der Waals surface area (Å²) in [7, 11) is 0. The zero-order chi connectivity index (χ0) is 9.14. The van der Waals surface area contributed by atoms with Gasteiger partial charge >= 0.3 is 0 Å². The van der Waals surface area contributed by atoms with Gasteiger partial charge in [0.2, 0.25) is 0 Å². The molecule has 0 aliphatic heterocycles. The predicted molar refractivity (Wildman–Crippen MR) is 42.7 cm³/mol. The second-order valence-electron chi connectivity index (χ2n) is 2.51. The van der Waals surface area contributed by atoms with Crippen molar-refractivity contribution < 1.29 is 14.6 Å². The van der Waals surface area contributed by atoms with Gasteiger partial charge in [-0.25, -0.2) is 4.39 Å². The lowest BCUT2D eigenvalue weighted by molar-refractivity contribution is 0.399. The largest absolute Gasteiger partial charge is 0.504 e. The molecule has 1 aromatic rings. The van der Waals surface area contributed by atoms with Crippen LogP contribution in [0.3, 0.4) is 0 Å². The van der Waals surface area contributed by atoms with E-state index in [4.69, 9.17) is 15.9 Å². The minimum atomic E-state index is -0.739. The average molecular weight is 171 g/mol. The van der Waals surface area contributed by atoms with E-state index in [1.165, 1.54) is 18.2 Å². The van der Waals surface area contributed by atoms with Crippen LogP contribution in [0.25, 0.3) is 0 Å². The molecule has 0 heterocycles. The Labute approximate surface area is 69.3 Å². The van der Waals surface area contributed by atoms with E-state index in [1.807, 2.05) is 0 Å². The summed E-state index contributed by atoms with van der Waals surface area (Å²) in [6, 6.07) is 3.26. The average Bonchev–Trinajstić information content (AvgIpc) is 2.08. The van der Waals surface area contributed by atoms with Crippen LogP contribution in [0.1, 0.15) is 11.6 Å². The fraction of sp³-hybridized carbons (Fsp3) is 0.250. The molecule has 1 atom stereocenters. The van der Waals surface area contributed by atoms with E-state index in [0.717, 1.165) is 0 Å². The predicted octanol–water partition coefficient (Wildman–Crippen LogP) is 1.07. The van der Waals surface area contributed by atoms with Crippen LogP contribution in [0.4, 0.5) is 4.39 Å². The van der Waals surface area contributed by atoms with Crippen molar-refractivity contribution in [1.82, 2.24) is 0 Å². The molecule has 0 bridgehead atoms. The van der Waals surface area contributed by atoms with Gasteiger partial charge < -0.3 is 15.9 Å². The molecule has 0 aromatic heterocycles. The Bertz CT molecular complexity index is 278. The van der Waals surface area contributed by atoms with Gasteiger partial charge in [0.15, 0.2) is 11.5 Å². The highest BCUT2D eigenvalue weighted by Crippen LogP contribution is 2.26. The van der Waals surface area contributed by atoms with Gasteiger partial charge in [-0.05, 0) is 17.7 Å². The number of phenols is 2. The van der Waals surface area contributed by atoms with Crippen molar-refractivity contribution in [1.29, 1.82) is 0 Å². The quantitative estimate of drug-likeness (QED) is 0.583. The van der Waals surface area contributed by atoms with Crippen LogP contribution < -0.4 is 5.73 Å². The monoisotopic (exact) mass is 171 g/mol. The van der Waals surface area contributed by atoms with Crippen molar-refractivity contribution in [2.24, 2.45) is 5.73 Å². The van der Waals surface area contributed by atoms with E-state index in [-0.39, 0.29) is 11.5 Å². The molecule has 0 spiro atoms. The SMILES string of the molecule is N[C@H](CF)c1ccc(O)c(O)c1. The molecule has 0 unspecified atom stereocenters. The van der Waals surface area contributed by atoms with Crippen molar-refractivity contribution in [3.8, 4) is 11.5 Å². The summed E-state index contributed by atoms with van der Waals surface area (Å²) in [6.07, 6.45) is 0. The second-order valence-corrected chi connectivity index (χ2v) is 2.51. The van der Waals surface area contributed by atoms with E-state index in [0.29, 0.717) is 5.56 Å². The molecule has 0 fully saturated rings. The Morgan fingerprint density at radius 2 is 2.00 bits per heavy atom. The van der Waals surface area contributed by atoms with Gasteiger partial charge in [0.25, 0.3) is 0 Å². The molecule has 1 rings (SSSR count). The highest BCUT2D eigenvalue weighted by atomic mass is 19.1. The Hall–Kier alpha value is -1.29. The van der Waals surface area contributed by atoms with Crippen molar-refractivity contribution in [3.05, 3.63) is 23.8 Å². The molecule has 1 aromatic carbocycles. The number of nitrogens with two attached hydrogens (primary N) is 1. The fourth-order valence-corrected chi connectivity index (χ4v) is 0.860. The number of rotatable bonds is 2. The van der Waals surface area contributed by atoms with E-state index >= 15 is 0 Å². The molecular weight excluding hydrogens is 161 g/mol. The summed E-state index contributed by atoms with van der Waals surface area (Å²) < 4.78 is 12.0. The number of hydrogen-bond donors (Lipinski definition) is 3. The molecule has 0 aliphatic rings. The van der Waals surface area contributed by atoms with Crippen LogP contribution in [0, 0.1) is 0 Å². The number of benzene rings is 1. The maximum atomic E-state index is 12.0. The molecule has 0 saturated carbocycles. The van der Waals surface area contributed by atoms with E-state index in [9.17, 15) is 4.39 Å². The van der Waals surface area contributed by atoms with Crippen LogP contribution >= 0.6 is 0 Å². The standard InChI is InChI=1S/C8H10FNO2/c9-4-6(10)5-1-2-7(11)8(12)3-5/h1-3,6,11-12H,4,10H2/t6-/m1/s1. The molecular formula is C8H10FNO2. The first-order valence-electron chi connectivity index (χ1n) is 3.48. The first kappa shape index (κ1) is 8.80. The van der Waals surface area contributed by atoms with Gasteiger partial charge in [-0.1, -0.05) is 6.07 Å². The maximum Gasteiger partial charge on any atom is 0.157 e. The number of aromatic hydroxyl groups is 2. The molecule has 66 valence electrons. The smallest absolute Gasteiger partial charge is 0.157 e. The first-order valence-corrected chi connectivity index (χ1v) is 3.48. The molecule has 0 aliphatic carbocycles. The van der Waals surface area contributed by atoms with Crippen molar-refractivity contribution in [2.75, 3.05) is 6.67 Å². The van der Waals surface area contributed by atoms with Gasteiger partial charge in [0.1, 0.15) is 6.67 Å². The van der Waals surface area contributed by atoms with Crippen molar-refractivity contribution in [2.45, 2.75) is 6.04 Å². The molecule has 0 amide bonds. The number of halogens is 1. The highest BCUT2D eigenvalue weighted by molar-refractivity contribution is 5.41. The van der Waals surface area contributed by atoms with Crippen LogP contribution in [-0.4, -0.2) is 16.9 Å². The second kappa shape index (κ2) is 3.40. The Morgan fingerprint density at radius 3 is 2.50 bits per heavy atom. The number of alkyl halides is 1. The normalized spacial score (nSPS) is 12.8. The van der Waals surface area contributed by atoms with Gasteiger partial charge in [0, 0.05) is 0 Å². The Balaban J connectivity index is 2.96. The van der Waals surface area contributed by atoms with Crippen LogP contribution in [0.5, 0.6) is 11.5 Å². The van der Waals surface area contributed by atoms with Gasteiger partial charge in [-0.3, -0.25) is 0 Å². The summed E-state index contributed by atoms with van der Waals surface area (Å²) in [5.74, 6) is -0.513. The lowest BCUT2D eigenvalue weighted by Gasteiger charge is -2.07. The van der Waals surface area contributed by atoms with E-state index < -0.39 is 12.7 Å². The molecule has 3 nitrogen and oxygen atoms in total. The molecule has 0 radical (unpaired) electrons. The van der Waals surface area contributed by atoms with Gasteiger partial charge in [-0.2, -0.15) is 0 Å². The topological polar surface area (TPSA) is 66.5 Å². The zero-order valence-corrected chi connectivity index (χ0v) is 6.37. The molecule has 4 heteroatoms. The summed E-state index contributed by atoms with van der Waals surface area (Å²) >= 11 is 0. The summed E-state index contributed by atoms with van der Waals surface area (Å²) in [5, 5.41) is 17.9. The first-order chi connectivity index (χ1) is 5.65. The zero-order valence-electron chi connectivity index (χ0n) is 6.37. The summed E-state index contributed by atoms with van der Waals surface area (Å²) in [4.78, 5) is 0. The third-order valence-corrected chi connectivity index (χ3v) is 1.59. The van der Waals surface area contributed by atoms with Crippen molar-refractivity contribution >= 4 is 0 Å². The molecule has 0 saturated heterocycles. The minimum absolute atomic E-state index is 0.232. The van der Waals surface area contributed by atoms with E-state index in [1.54, 1.807) is 0 Å². The van der Waals surface area contributed by atoms with Crippen LogP contribution in [0.15, 0.2) is 18.2 Å². The lowest BCUT2D eigenvalue weighted by atomic mass is 10.1.